The average molecular weight is 493 g/mol. The quantitative estimate of drug-likeness (QED) is 0.265. The molecule has 0 saturated carbocycles. The summed E-state index contributed by atoms with van der Waals surface area (Å²) >= 11 is 0. The van der Waals surface area contributed by atoms with Crippen LogP contribution in [0.15, 0.2) is 36.5 Å². The number of esters is 1. The van der Waals surface area contributed by atoms with Crippen LogP contribution in [0.2, 0.25) is 0 Å². The molecule has 192 valence electrons. The van der Waals surface area contributed by atoms with E-state index in [1.165, 1.54) is 0 Å². The van der Waals surface area contributed by atoms with Crippen LogP contribution < -0.4 is 16.0 Å². The van der Waals surface area contributed by atoms with E-state index < -0.39 is 5.60 Å². The minimum atomic E-state index is -0.487. The van der Waals surface area contributed by atoms with Gasteiger partial charge in [0, 0.05) is 43.4 Å². The summed E-state index contributed by atoms with van der Waals surface area (Å²) in [6.07, 6.45) is 8.29. The van der Waals surface area contributed by atoms with Crippen LogP contribution in [-0.2, 0) is 14.3 Å². The number of ether oxygens (including phenoxy) is 1. The standard InChI is InChI=1S/C27H36N6O3/c1-5-16-30-25-21(19-31-26(33-25)32-22-14-12-20(18-28)13-15-22)9-8-17-29-23(34)10-6-7-11-24(35)36-27(2,3)4/h8-9,12-15,19H,5-7,10-11,16-17H2,1-4H3,(H,29,34)(H2,30,31,32,33)/b9-8-. The molecule has 0 radical (unpaired) electrons. The zero-order valence-electron chi connectivity index (χ0n) is 21.6. The topological polar surface area (TPSA) is 129 Å². The van der Waals surface area contributed by atoms with Gasteiger partial charge >= 0.3 is 5.97 Å². The zero-order chi connectivity index (χ0) is 26.4. The van der Waals surface area contributed by atoms with Crippen LogP contribution in [0.3, 0.4) is 0 Å². The second-order valence-corrected chi connectivity index (χ2v) is 9.24. The first kappa shape index (κ1) is 28.3. The number of amides is 1. The number of unbranched alkanes of at least 4 members (excludes halogenated alkanes) is 1. The Kier molecular flexibility index (Phi) is 11.4. The Morgan fingerprint density at radius 2 is 1.86 bits per heavy atom. The SMILES string of the molecule is CCCNc1nc(Nc2ccc(C#N)cc2)ncc1/C=C\CNC(=O)CCCCC(=O)OC(C)(C)C. The molecule has 0 aliphatic carbocycles. The molecule has 1 heterocycles. The van der Waals surface area contributed by atoms with Crippen molar-refractivity contribution in [2.45, 2.75) is 65.4 Å². The smallest absolute Gasteiger partial charge is 0.306 e. The predicted molar refractivity (Wildman–Crippen MR) is 142 cm³/mol. The molecule has 0 aliphatic rings. The van der Waals surface area contributed by atoms with Crippen LogP contribution in [0.1, 0.15) is 70.9 Å². The number of aromatic nitrogens is 2. The molecule has 0 spiro atoms. The lowest BCUT2D eigenvalue weighted by Gasteiger charge is -2.19. The van der Waals surface area contributed by atoms with Crippen molar-refractivity contribution in [3.05, 3.63) is 47.7 Å². The molecular weight excluding hydrogens is 456 g/mol. The van der Waals surface area contributed by atoms with E-state index in [0.717, 1.165) is 24.2 Å². The number of rotatable bonds is 13. The van der Waals surface area contributed by atoms with Crippen LogP contribution in [0.4, 0.5) is 17.5 Å². The lowest BCUT2D eigenvalue weighted by molar-refractivity contribution is -0.155. The molecule has 0 aliphatic heterocycles. The van der Waals surface area contributed by atoms with E-state index in [2.05, 4.69) is 38.9 Å². The van der Waals surface area contributed by atoms with Crippen LogP contribution in [0, 0.1) is 11.3 Å². The van der Waals surface area contributed by atoms with Gasteiger partial charge in [0.15, 0.2) is 0 Å². The number of anilines is 3. The lowest BCUT2D eigenvalue weighted by atomic mass is 10.1. The van der Waals surface area contributed by atoms with Gasteiger partial charge in [0.1, 0.15) is 11.4 Å². The van der Waals surface area contributed by atoms with Crippen molar-refractivity contribution in [3.8, 4) is 6.07 Å². The fourth-order valence-corrected chi connectivity index (χ4v) is 3.11. The van der Waals surface area contributed by atoms with Crippen molar-refractivity contribution in [2.75, 3.05) is 23.7 Å². The number of benzene rings is 1. The van der Waals surface area contributed by atoms with E-state index in [0.29, 0.717) is 49.6 Å². The minimum Gasteiger partial charge on any atom is -0.460 e. The van der Waals surface area contributed by atoms with Gasteiger partial charge in [-0.15, -0.1) is 0 Å². The molecule has 36 heavy (non-hydrogen) atoms. The normalized spacial score (nSPS) is 11.1. The summed E-state index contributed by atoms with van der Waals surface area (Å²) in [5.74, 6) is 0.827. The van der Waals surface area contributed by atoms with Crippen molar-refractivity contribution in [1.82, 2.24) is 15.3 Å². The summed E-state index contributed by atoms with van der Waals surface area (Å²) in [6.45, 7) is 8.72. The molecule has 0 bridgehead atoms. The molecular formula is C27H36N6O3. The molecule has 0 atom stereocenters. The molecule has 2 aromatic rings. The van der Waals surface area contributed by atoms with Gasteiger partial charge in [-0.2, -0.15) is 10.2 Å². The number of nitriles is 1. The maximum Gasteiger partial charge on any atom is 0.306 e. The molecule has 1 aromatic heterocycles. The molecule has 2 rings (SSSR count). The number of hydrogen-bond acceptors (Lipinski definition) is 8. The number of carbonyl (C=O) groups is 2. The summed E-state index contributed by atoms with van der Waals surface area (Å²) < 4.78 is 5.27. The highest BCUT2D eigenvalue weighted by molar-refractivity contribution is 5.76. The molecule has 9 nitrogen and oxygen atoms in total. The molecule has 9 heteroatoms. The van der Waals surface area contributed by atoms with Crippen molar-refractivity contribution < 1.29 is 14.3 Å². The largest absolute Gasteiger partial charge is 0.460 e. The van der Waals surface area contributed by atoms with E-state index in [1.54, 1.807) is 30.5 Å². The second kappa shape index (κ2) is 14.5. The summed E-state index contributed by atoms with van der Waals surface area (Å²) in [7, 11) is 0. The van der Waals surface area contributed by atoms with Crippen LogP contribution in [-0.4, -0.2) is 40.5 Å². The fourth-order valence-electron chi connectivity index (χ4n) is 3.11. The van der Waals surface area contributed by atoms with Crippen molar-refractivity contribution >= 4 is 35.4 Å². The van der Waals surface area contributed by atoms with Gasteiger partial charge in [-0.25, -0.2) is 4.98 Å². The average Bonchev–Trinajstić information content (AvgIpc) is 2.83. The second-order valence-electron chi connectivity index (χ2n) is 9.24. The fraction of sp³-hybridized carbons (Fsp3) is 0.444. The third kappa shape index (κ3) is 11.0. The number of carbonyl (C=O) groups excluding carboxylic acids is 2. The van der Waals surface area contributed by atoms with Gasteiger partial charge in [0.25, 0.3) is 0 Å². The van der Waals surface area contributed by atoms with Crippen molar-refractivity contribution in [2.24, 2.45) is 0 Å². The Bertz CT molecular complexity index is 1070. The Hall–Kier alpha value is -3.93. The first-order valence-corrected chi connectivity index (χ1v) is 12.2. The van der Waals surface area contributed by atoms with Gasteiger partial charge in [-0.1, -0.05) is 19.1 Å². The summed E-state index contributed by atoms with van der Waals surface area (Å²) in [5.41, 5.74) is 1.69. The van der Waals surface area contributed by atoms with Crippen LogP contribution in [0.5, 0.6) is 0 Å². The molecule has 1 aromatic carbocycles. The first-order valence-electron chi connectivity index (χ1n) is 12.2. The molecule has 0 unspecified atom stereocenters. The van der Waals surface area contributed by atoms with Crippen LogP contribution >= 0.6 is 0 Å². The number of nitrogens with one attached hydrogen (secondary N) is 3. The number of nitrogens with zero attached hydrogens (tertiary/aromatic N) is 3. The highest BCUT2D eigenvalue weighted by Crippen LogP contribution is 2.19. The summed E-state index contributed by atoms with van der Waals surface area (Å²) in [6, 6.07) is 9.15. The molecule has 3 N–H and O–H groups in total. The van der Waals surface area contributed by atoms with E-state index in [4.69, 9.17) is 10.00 Å². The van der Waals surface area contributed by atoms with Gasteiger partial charge in [-0.3, -0.25) is 9.59 Å². The molecule has 0 saturated heterocycles. The third-order valence-electron chi connectivity index (χ3n) is 4.80. The highest BCUT2D eigenvalue weighted by Gasteiger charge is 2.15. The Balaban J connectivity index is 1.84. The maximum absolute atomic E-state index is 12.1. The molecule has 1 amide bonds. The van der Waals surface area contributed by atoms with Gasteiger partial charge in [-0.05, 0) is 64.3 Å². The van der Waals surface area contributed by atoms with E-state index in [1.807, 2.05) is 32.9 Å². The minimum absolute atomic E-state index is 0.0635. The summed E-state index contributed by atoms with van der Waals surface area (Å²) in [4.78, 5) is 32.7. The van der Waals surface area contributed by atoms with Crippen molar-refractivity contribution in [3.63, 3.8) is 0 Å². The van der Waals surface area contributed by atoms with E-state index in [9.17, 15) is 9.59 Å². The van der Waals surface area contributed by atoms with Crippen LogP contribution in [0.25, 0.3) is 6.08 Å². The third-order valence-corrected chi connectivity index (χ3v) is 4.80. The van der Waals surface area contributed by atoms with Gasteiger partial charge < -0.3 is 20.7 Å². The van der Waals surface area contributed by atoms with E-state index >= 15 is 0 Å². The van der Waals surface area contributed by atoms with E-state index in [-0.39, 0.29) is 11.9 Å². The Morgan fingerprint density at radius 3 is 2.53 bits per heavy atom. The zero-order valence-corrected chi connectivity index (χ0v) is 21.6. The van der Waals surface area contributed by atoms with Gasteiger partial charge in [0.2, 0.25) is 11.9 Å². The Morgan fingerprint density at radius 1 is 1.14 bits per heavy atom. The monoisotopic (exact) mass is 492 g/mol. The maximum atomic E-state index is 12.1. The predicted octanol–water partition coefficient (Wildman–Crippen LogP) is 4.95. The summed E-state index contributed by atoms with van der Waals surface area (Å²) in [5, 5.41) is 18.2. The Labute approximate surface area is 213 Å². The van der Waals surface area contributed by atoms with Crippen molar-refractivity contribution in [1.29, 1.82) is 5.26 Å². The number of hydrogen-bond donors (Lipinski definition) is 3. The first-order chi connectivity index (χ1) is 17.2. The molecule has 0 fully saturated rings. The van der Waals surface area contributed by atoms with Gasteiger partial charge in [0.05, 0.1) is 11.6 Å². The highest BCUT2D eigenvalue weighted by atomic mass is 16.6. The lowest BCUT2D eigenvalue weighted by Crippen LogP contribution is -2.24.